The Morgan fingerprint density at radius 3 is 2.65 bits per heavy atom. The number of hydrogen-bond acceptors (Lipinski definition) is 5. The molecule has 1 aliphatic carbocycles. The number of thiophene rings is 1. The lowest BCUT2D eigenvalue weighted by Gasteiger charge is -2.21. The van der Waals surface area contributed by atoms with Gasteiger partial charge >= 0.3 is 0 Å². The average Bonchev–Trinajstić information content (AvgIpc) is 2.92. The molecule has 1 unspecified atom stereocenters. The molecule has 0 N–H and O–H groups in total. The largest absolute Gasteiger partial charge is 0.298 e. The minimum atomic E-state index is -0.106. The van der Waals surface area contributed by atoms with Crippen LogP contribution in [0.4, 0.5) is 0 Å². The monoisotopic (exact) mass is 384 g/mol. The molecule has 0 bridgehead atoms. The van der Waals surface area contributed by atoms with Crippen molar-refractivity contribution in [2.24, 2.45) is 0 Å². The molecule has 0 amide bonds. The van der Waals surface area contributed by atoms with Gasteiger partial charge in [0.15, 0.2) is 5.16 Å². The zero-order valence-electron chi connectivity index (χ0n) is 14.8. The van der Waals surface area contributed by atoms with Crippen molar-refractivity contribution in [1.29, 1.82) is 0 Å². The minimum Gasteiger partial charge on any atom is -0.298 e. The predicted octanol–water partition coefficient (Wildman–Crippen LogP) is 4.67. The molecule has 6 heteroatoms. The van der Waals surface area contributed by atoms with Gasteiger partial charge in [-0.3, -0.25) is 14.2 Å². The van der Waals surface area contributed by atoms with E-state index in [0.29, 0.717) is 17.0 Å². The van der Waals surface area contributed by atoms with E-state index in [1.54, 1.807) is 15.9 Å². The number of nitrogens with zero attached hydrogens (tertiary/aromatic N) is 2. The van der Waals surface area contributed by atoms with E-state index in [2.05, 4.69) is 0 Å². The number of benzene rings is 1. The molecule has 1 aromatic carbocycles. The number of ketones is 1. The topological polar surface area (TPSA) is 52.0 Å². The van der Waals surface area contributed by atoms with E-state index in [0.717, 1.165) is 40.2 Å². The van der Waals surface area contributed by atoms with Gasteiger partial charge in [-0.25, -0.2) is 4.98 Å². The molecule has 1 fully saturated rings. The van der Waals surface area contributed by atoms with Crippen LogP contribution in [-0.2, 0) is 4.79 Å². The Morgan fingerprint density at radius 1 is 1.15 bits per heavy atom. The van der Waals surface area contributed by atoms with E-state index in [1.807, 2.05) is 44.2 Å². The van der Waals surface area contributed by atoms with Crippen LogP contribution in [0.15, 0.2) is 40.3 Å². The molecule has 4 nitrogen and oxygen atoms in total. The Morgan fingerprint density at radius 2 is 1.92 bits per heavy atom. The summed E-state index contributed by atoms with van der Waals surface area (Å²) in [7, 11) is 0. The summed E-state index contributed by atoms with van der Waals surface area (Å²) in [5.41, 5.74) is 1.74. The van der Waals surface area contributed by atoms with Crippen molar-refractivity contribution in [1.82, 2.24) is 9.55 Å². The molecule has 1 aliphatic rings. The molecule has 0 radical (unpaired) electrons. The number of hydrogen-bond donors (Lipinski definition) is 0. The van der Waals surface area contributed by atoms with Crippen LogP contribution < -0.4 is 5.56 Å². The van der Waals surface area contributed by atoms with Crippen molar-refractivity contribution in [3.05, 3.63) is 51.1 Å². The van der Waals surface area contributed by atoms with Gasteiger partial charge in [-0.2, -0.15) is 0 Å². The molecule has 0 spiro atoms. The van der Waals surface area contributed by atoms with Crippen LogP contribution in [0.3, 0.4) is 0 Å². The number of carbonyl (C=O) groups is 1. The highest BCUT2D eigenvalue weighted by Gasteiger charge is 2.26. The van der Waals surface area contributed by atoms with Gasteiger partial charge in [0.1, 0.15) is 10.6 Å². The van der Waals surface area contributed by atoms with Gasteiger partial charge in [-0.1, -0.05) is 36.4 Å². The van der Waals surface area contributed by atoms with Crippen molar-refractivity contribution in [2.75, 3.05) is 0 Å². The van der Waals surface area contributed by atoms with Crippen molar-refractivity contribution < 1.29 is 4.79 Å². The van der Waals surface area contributed by atoms with Crippen LogP contribution in [0.25, 0.3) is 15.9 Å². The first-order valence-electron chi connectivity index (χ1n) is 8.84. The molecule has 0 aliphatic heterocycles. The number of carbonyl (C=O) groups excluding carboxylic acids is 1. The first-order valence-corrected chi connectivity index (χ1v) is 10.5. The minimum absolute atomic E-state index is 0.0474. The van der Waals surface area contributed by atoms with Crippen LogP contribution >= 0.6 is 23.1 Å². The fraction of sp³-hybridized carbons (Fsp3) is 0.350. The Hall–Kier alpha value is -1.92. The summed E-state index contributed by atoms with van der Waals surface area (Å²) in [5, 5.41) is 1.20. The van der Waals surface area contributed by atoms with E-state index >= 15 is 0 Å². The van der Waals surface area contributed by atoms with Crippen LogP contribution in [0.1, 0.15) is 36.1 Å². The lowest BCUT2D eigenvalue weighted by molar-refractivity contribution is -0.119. The van der Waals surface area contributed by atoms with Crippen LogP contribution in [0, 0.1) is 13.8 Å². The van der Waals surface area contributed by atoms with Crippen LogP contribution in [0.5, 0.6) is 0 Å². The van der Waals surface area contributed by atoms with Crippen molar-refractivity contribution in [3.63, 3.8) is 0 Å². The smallest absolute Gasteiger partial charge is 0.267 e. The highest BCUT2D eigenvalue weighted by atomic mass is 32.2. The number of fused-ring (bicyclic) bond motifs is 1. The third-order valence-electron chi connectivity index (χ3n) is 4.93. The molecular weight excluding hydrogens is 364 g/mol. The van der Waals surface area contributed by atoms with E-state index < -0.39 is 0 Å². The standard InChI is InChI=1S/C20H20N2O2S2/c1-12-13(2)25-18-17(12)19(24)22(14-8-4-3-5-9-14)20(21-18)26-16-11-7-6-10-15(16)23/h3-5,8-9,16H,6-7,10-11H2,1-2H3. The van der Waals surface area contributed by atoms with Gasteiger partial charge < -0.3 is 0 Å². The second-order valence-corrected chi connectivity index (χ2v) is 9.03. The Bertz CT molecular complexity index is 1040. The molecule has 2 aromatic heterocycles. The second kappa shape index (κ2) is 7.00. The molecule has 1 saturated carbocycles. The van der Waals surface area contributed by atoms with E-state index in [4.69, 9.17) is 4.98 Å². The molecular formula is C20H20N2O2S2. The molecule has 2 heterocycles. The highest BCUT2D eigenvalue weighted by molar-refractivity contribution is 8.00. The normalized spacial score (nSPS) is 17.8. The fourth-order valence-electron chi connectivity index (χ4n) is 3.36. The van der Waals surface area contributed by atoms with Gasteiger partial charge in [0.2, 0.25) is 0 Å². The van der Waals surface area contributed by atoms with Crippen molar-refractivity contribution >= 4 is 39.1 Å². The van der Waals surface area contributed by atoms with Gasteiger partial charge in [-0.15, -0.1) is 11.3 Å². The number of rotatable bonds is 3. The molecule has 134 valence electrons. The lowest BCUT2D eigenvalue weighted by atomic mass is 9.99. The lowest BCUT2D eigenvalue weighted by Crippen LogP contribution is -2.26. The number of aryl methyl sites for hydroxylation is 2. The maximum absolute atomic E-state index is 13.3. The molecule has 0 saturated heterocycles. The Kier molecular flexibility index (Phi) is 4.71. The summed E-state index contributed by atoms with van der Waals surface area (Å²) in [6, 6.07) is 9.58. The third-order valence-corrected chi connectivity index (χ3v) is 7.30. The quantitative estimate of drug-likeness (QED) is 0.616. The number of para-hydroxylation sites is 1. The first kappa shape index (κ1) is 17.5. The molecule has 4 rings (SSSR count). The summed E-state index contributed by atoms with van der Waals surface area (Å²) in [4.78, 5) is 32.4. The molecule has 1 atom stereocenters. The van der Waals surface area contributed by atoms with Crippen molar-refractivity contribution in [3.8, 4) is 5.69 Å². The van der Waals surface area contributed by atoms with Gasteiger partial charge in [0, 0.05) is 11.3 Å². The third kappa shape index (κ3) is 3.01. The zero-order valence-corrected chi connectivity index (χ0v) is 16.5. The second-order valence-electron chi connectivity index (χ2n) is 6.65. The van der Waals surface area contributed by atoms with Crippen molar-refractivity contribution in [2.45, 2.75) is 49.9 Å². The van der Waals surface area contributed by atoms with Gasteiger partial charge in [-0.05, 0) is 44.4 Å². The number of thioether (sulfide) groups is 1. The van der Waals surface area contributed by atoms with Gasteiger partial charge in [0.05, 0.1) is 16.3 Å². The molecule has 26 heavy (non-hydrogen) atoms. The maximum Gasteiger partial charge on any atom is 0.267 e. The van der Waals surface area contributed by atoms with E-state index in [9.17, 15) is 9.59 Å². The van der Waals surface area contributed by atoms with Crippen LogP contribution in [-0.4, -0.2) is 20.6 Å². The Labute approximate surface area is 160 Å². The Balaban J connectivity index is 1.92. The number of aromatic nitrogens is 2. The molecule has 3 aromatic rings. The van der Waals surface area contributed by atoms with E-state index in [-0.39, 0.29) is 16.6 Å². The summed E-state index contributed by atoms with van der Waals surface area (Å²) >= 11 is 3.00. The van der Waals surface area contributed by atoms with E-state index in [1.165, 1.54) is 11.8 Å². The summed E-state index contributed by atoms with van der Waals surface area (Å²) in [5.74, 6) is 0.272. The first-order chi connectivity index (χ1) is 12.6. The van der Waals surface area contributed by atoms with Gasteiger partial charge in [0.25, 0.3) is 5.56 Å². The fourth-order valence-corrected chi connectivity index (χ4v) is 5.67. The summed E-state index contributed by atoms with van der Waals surface area (Å²) in [6.07, 6.45) is 3.51. The number of Topliss-reactive ketones (excluding diaryl/α,β-unsaturated/α-hetero) is 1. The predicted molar refractivity (Wildman–Crippen MR) is 108 cm³/mol. The SMILES string of the molecule is Cc1sc2nc(SC3CCCCC3=O)n(-c3ccccc3)c(=O)c2c1C. The summed E-state index contributed by atoms with van der Waals surface area (Å²) in [6.45, 7) is 4.00. The highest BCUT2D eigenvalue weighted by Crippen LogP contribution is 2.34. The average molecular weight is 385 g/mol. The maximum atomic E-state index is 13.3. The zero-order chi connectivity index (χ0) is 18.3. The van der Waals surface area contributed by atoms with Crippen LogP contribution in [0.2, 0.25) is 0 Å². The summed E-state index contributed by atoms with van der Waals surface area (Å²) < 4.78 is 1.67.